The number of likely N-dealkylation sites (tertiary alicyclic amines) is 1. The first-order valence-electron chi connectivity index (χ1n) is 9.53. The van der Waals surface area contributed by atoms with Gasteiger partial charge in [0.15, 0.2) is 0 Å². The Hall–Kier alpha value is -2.69. The Bertz CT molecular complexity index is 816. The quantitative estimate of drug-likeness (QED) is 0.884. The number of anilines is 1. The maximum atomic E-state index is 12.6. The number of rotatable bonds is 3. The summed E-state index contributed by atoms with van der Waals surface area (Å²) in [5.41, 5.74) is 2.55. The van der Waals surface area contributed by atoms with E-state index in [0.29, 0.717) is 11.4 Å². The van der Waals surface area contributed by atoms with Gasteiger partial charge in [-0.15, -0.1) is 0 Å². The van der Waals surface area contributed by atoms with Crippen molar-refractivity contribution in [3.63, 3.8) is 0 Å². The molecule has 0 spiro atoms. The summed E-state index contributed by atoms with van der Waals surface area (Å²) in [5.74, 6) is -0.411. The van der Waals surface area contributed by atoms with Crippen LogP contribution < -0.4 is 5.32 Å². The van der Waals surface area contributed by atoms with Crippen LogP contribution in [-0.4, -0.2) is 34.8 Å². The molecule has 1 N–H and O–H groups in total. The first-order chi connectivity index (χ1) is 12.8. The molecule has 1 aromatic carbocycles. The molecule has 0 saturated carbocycles. The lowest BCUT2D eigenvalue weighted by molar-refractivity contribution is 0.0718. The Labute approximate surface area is 160 Å². The lowest BCUT2D eigenvalue weighted by atomic mass is 9.87. The van der Waals surface area contributed by atoms with Crippen LogP contribution in [0, 0.1) is 0 Å². The van der Waals surface area contributed by atoms with Gasteiger partial charge in [0.25, 0.3) is 11.8 Å². The van der Waals surface area contributed by atoms with E-state index in [2.05, 4.69) is 31.1 Å². The minimum atomic E-state index is -0.313. The number of pyridine rings is 1. The molecular formula is C22H27N3O2. The number of carbonyl (C=O) groups is 2. The number of piperidine rings is 1. The highest BCUT2D eigenvalue weighted by Crippen LogP contribution is 2.23. The number of nitrogens with one attached hydrogen (secondary N) is 1. The summed E-state index contributed by atoms with van der Waals surface area (Å²) in [5, 5.41) is 2.86. The van der Waals surface area contributed by atoms with Gasteiger partial charge in [-0.2, -0.15) is 0 Å². The van der Waals surface area contributed by atoms with E-state index < -0.39 is 0 Å². The molecule has 0 unspecified atom stereocenters. The average Bonchev–Trinajstić information content (AvgIpc) is 2.68. The molecule has 1 saturated heterocycles. The zero-order valence-electron chi connectivity index (χ0n) is 16.3. The Kier molecular flexibility index (Phi) is 5.59. The molecule has 2 amide bonds. The molecule has 5 heteroatoms. The highest BCUT2D eigenvalue weighted by Gasteiger charge is 2.20. The van der Waals surface area contributed by atoms with Crippen molar-refractivity contribution >= 4 is 17.5 Å². The summed E-state index contributed by atoms with van der Waals surface area (Å²) >= 11 is 0. The molecule has 2 heterocycles. The first-order valence-corrected chi connectivity index (χ1v) is 9.53. The summed E-state index contributed by atoms with van der Waals surface area (Å²) in [6, 6.07) is 12.8. The summed E-state index contributed by atoms with van der Waals surface area (Å²) in [6.45, 7) is 7.97. The average molecular weight is 365 g/mol. The van der Waals surface area contributed by atoms with Crippen LogP contribution in [0.5, 0.6) is 0 Å². The van der Waals surface area contributed by atoms with Crippen LogP contribution >= 0.6 is 0 Å². The van der Waals surface area contributed by atoms with Crippen LogP contribution in [0.15, 0.2) is 42.5 Å². The maximum absolute atomic E-state index is 12.6. The third kappa shape index (κ3) is 4.73. The van der Waals surface area contributed by atoms with Gasteiger partial charge in [-0.05, 0) is 54.5 Å². The van der Waals surface area contributed by atoms with Crippen LogP contribution in [-0.2, 0) is 5.41 Å². The normalized spacial score (nSPS) is 14.7. The van der Waals surface area contributed by atoms with Gasteiger partial charge < -0.3 is 10.2 Å². The number of hydrogen-bond acceptors (Lipinski definition) is 3. The van der Waals surface area contributed by atoms with Gasteiger partial charge in [0.1, 0.15) is 11.4 Å². The molecule has 0 aliphatic carbocycles. The summed E-state index contributed by atoms with van der Waals surface area (Å²) < 4.78 is 0. The zero-order valence-corrected chi connectivity index (χ0v) is 16.3. The Morgan fingerprint density at radius 1 is 0.926 bits per heavy atom. The lowest BCUT2D eigenvalue weighted by Crippen LogP contribution is -2.36. The van der Waals surface area contributed by atoms with E-state index in [1.807, 2.05) is 29.2 Å². The number of aromatic nitrogens is 1. The van der Waals surface area contributed by atoms with E-state index in [9.17, 15) is 9.59 Å². The van der Waals surface area contributed by atoms with Crippen molar-refractivity contribution in [3.05, 3.63) is 59.4 Å². The van der Waals surface area contributed by atoms with E-state index in [-0.39, 0.29) is 22.9 Å². The highest BCUT2D eigenvalue weighted by molar-refractivity contribution is 6.03. The van der Waals surface area contributed by atoms with Crippen molar-refractivity contribution in [1.29, 1.82) is 0 Å². The predicted molar refractivity (Wildman–Crippen MR) is 107 cm³/mol. The highest BCUT2D eigenvalue weighted by atomic mass is 16.2. The first kappa shape index (κ1) is 19.1. The molecule has 1 aliphatic heterocycles. The molecule has 3 rings (SSSR count). The van der Waals surface area contributed by atoms with Crippen molar-refractivity contribution in [2.24, 2.45) is 0 Å². The predicted octanol–water partition coefficient (Wildman–Crippen LogP) is 4.26. The summed E-state index contributed by atoms with van der Waals surface area (Å²) in [7, 11) is 0. The third-order valence-electron chi connectivity index (χ3n) is 4.85. The number of carbonyl (C=O) groups excluding carboxylic acids is 2. The molecule has 0 atom stereocenters. The molecule has 0 bridgehead atoms. The Balaban J connectivity index is 1.70. The van der Waals surface area contributed by atoms with E-state index in [1.165, 1.54) is 5.56 Å². The van der Waals surface area contributed by atoms with Crippen LogP contribution in [0.25, 0.3) is 0 Å². The molecule has 2 aromatic rings. The van der Waals surface area contributed by atoms with Crippen molar-refractivity contribution < 1.29 is 9.59 Å². The minimum Gasteiger partial charge on any atom is -0.337 e. The fourth-order valence-corrected chi connectivity index (χ4v) is 3.19. The van der Waals surface area contributed by atoms with Crippen molar-refractivity contribution in [2.75, 3.05) is 18.4 Å². The van der Waals surface area contributed by atoms with Crippen molar-refractivity contribution in [1.82, 2.24) is 9.88 Å². The van der Waals surface area contributed by atoms with E-state index in [4.69, 9.17) is 0 Å². The topological polar surface area (TPSA) is 62.3 Å². The second-order valence-electron chi connectivity index (χ2n) is 8.04. The van der Waals surface area contributed by atoms with Crippen LogP contribution in [0.3, 0.4) is 0 Å². The van der Waals surface area contributed by atoms with Gasteiger partial charge in [0, 0.05) is 18.8 Å². The number of nitrogens with zero attached hydrogens (tertiary/aromatic N) is 2. The van der Waals surface area contributed by atoms with Gasteiger partial charge in [-0.25, -0.2) is 4.98 Å². The van der Waals surface area contributed by atoms with Gasteiger partial charge in [-0.1, -0.05) is 39.0 Å². The van der Waals surface area contributed by atoms with Crippen molar-refractivity contribution in [2.45, 2.75) is 45.4 Å². The SMILES string of the molecule is CC(C)(C)c1ccc(NC(=O)c2cccc(C(=O)N3CCCCC3)n2)cc1. The van der Waals surface area contributed by atoms with Crippen molar-refractivity contribution in [3.8, 4) is 0 Å². The smallest absolute Gasteiger partial charge is 0.274 e. The number of hydrogen-bond donors (Lipinski definition) is 1. The third-order valence-corrected chi connectivity index (χ3v) is 4.85. The summed E-state index contributed by atoms with van der Waals surface area (Å²) in [4.78, 5) is 31.3. The zero-order chi connectivity index (χ0) is 19.4. The summed E-state index contributed by atoms with van der Waals surface area (Å²) in [6.07, 6.45) is 3.21. The van der Waals surface area contributed by atoms with Gasteiger partial charge in [0.05, 0.1) is 0 Å². The second-order valence-corrected chi connectivity index (χ2v) is 8.04. The van der Waals surface area contributed by atoms with Gasteiger partial charge in [-0.3, -0.25) is 9.59 Å². The molecule has 27 heavy (non-hydrogen) atoms. The molecule has 142 valence electrons. The molecule has 1 fully saturated rings. The Morgan fingerprint density at radius 3 is 2.19 bits per heavy atom. The monoisotopic (exact) mass is 365 g/mol. The number of benzene rings is 1. The van der Waals surface area contributed by atoms with Crippen LogP contribution in [0.1, 0.15) is 66.6 Å². The van der Waals surface area contributed by atoms with Gasteiger partial charge in [0.2, 0.25) is 0 Å². The van der Waals surface area contributed by atoms with E-state index >= 15 is 0 Å². The number of amides is 2. The fourth-order valence-electron chi connectivity index (χ4n) is 3.19. The standard InChI is InChI=1S/C22H27N3O2/c1-22(2,3)16-10-12-17(13-11-16)23-20(26)18-8-7-9-19(24-18)21(27)25-14-5-4-6-15-25/h7-13H,4-6,14-15H2,1-3H3,(H,23,26). The molecular weight excluding hydrogens is 338 g/mol. The second kappa shape index (κ2) is 7.91. The molecule has 1 aromatic heterocycles. The fraction of sp³-hybridized carbons (Fsp3) is 0.409. The maximum Gasteiger partial charge on any atom is 0.274 e. The van der Waals surface area contributed by atoms with Crippen LogP contribution in [0.2, 0.25) is 0 Å². The minimum absolute atomic E-state index is 0.0627. The molecule has 0 radical (unpaired) electrons. The van der Waals surface area contributed by atoms with Crippen LogP contribution in [0.4, 0.5) is 5.69 Å². The molecule has 1 aliphatic rings. The van der Waals surface area contributed by atoms with Gasteiger partial charge >= 0.3 is 0 Å². The Morgan fingerprint density at radius 2 is 1.56 bits per heavy atom. The molecule has 5 nitrogen and oxygen atoms in total. The largest absolute Gasteiger partial charge is 0.337 e. The van der Waals surface area contributed by atoms with E-state index in [0.717, 1.165) is 32.4 Å². The van der Waals surface area contributed by atoms with E-state index in [1.54, 1.807) is 18.2 Å². The lowest BCUT2D eigenvalue weighted by Gasteiger charge is -2.26.